The minimum absolute atomic E-state index is 0.0357. The van der Waals surface area contributed by atoms with Crippen LogP contribution in [0.2, 0.25) is 0 Å². The molecule has 3 nitrogen and oxygen atoms in total. The van der Waals surface area contributed by atoms with Crippen molar-refractivity contribution in [3.8, 4) is 0 Å². The summed E-state index contributed by atoms with van der Waals surface area (Å²) >= 11 is 0. The van der Waals surface area contributed by atoms with Crippen molar-refractivity contribution in [2.24, 2.45) is 0 Å². The van der Waals surface area contributed by atoms with E-state index in [4.69, 9.17) is 0 Å². The zero-order valence-electron chi connectivity index (χ0n) is 9.42. The summed E-state index contributed by atoms with van der Waals surface area (Å²) in [5, 5.41) is 19.1. The number of likely N-dealkylation sites (tertiary alicyclic amines) is 1. The minimum Gasteiger partial charge on any atom is -0.395 e. The molecule has 0 unspecified atom stereocenters. The summed E-state index contributed by atoms with van der Waals surface area (Å²) in [6.07, 6.45) is 1.42. The van der Waals surface area contributed by atoms with Gasteiger partial charge in [0.05, 0.1) is 18.8 Å². The molecule has 1 heterocycles. The number of rotatable bonds is 3. The van der Waals surface area contributed by atoms with Gasteiger partial charge in [0.1, 0.15) is 0 Å². The summed E-state index contributed by atoms with van der Waals surface area (Å²) in [6.45, 7) is 1.80. The van der Waals surface area contributed by atoms with Crippen molar-refractivity contribution >= 4 is 0 Å². The summed E-state index contributed by atoms with van der Waals surface area (Å²) < 4.78 is 0. The van der Waals surface area contributed by atoms with Gasteiger partial charge < -0.3 is 10.2 Å². The lowest BCUT2D eigenvalue weighted by Crippen LogP contribution is -2.49. The van der Waals surface area contributed by atoms with E-state index in [-0.39, 0.29) is 18.8 Å². The molecule has 0 amide bonds. The Bertz CT molecular complexity index is 315. The summed E-state index contributed by atoms with van der Waals surface area (Å²) in [5.74, 6) is 0. The summed E-state index contributed by atoms with van der Waals surface area (Å²) in [6, 6.07) is 10.1. The molecule has 0 aliphatic carbocycles. The van der Waals surface area contributed by atoms with Gasteiger partial charge in [-0.25, -0.2) is 0 Å². The number of benzene rings is 1. The fourth-order valence-electron chi connectivity index (χ4n) is 2.36. The third kappa shape index (κ3) is 2.61. The van der Waals surface area contributed by atoms with Crippen LogP contribution >= 0.6 is 0 Å². The Morgan fingerprint density at radius 2 is 2.00 bits per heavy atom. The van der Waals surface area contributed by atoms with Gasteiger partial charge in [0.2, 0.25) is 0 Å². The van der Waals surface area contributed by atoms with Gasteiger partial charge in [-0.05, 0) is 24.9 Å². The summed E-state index contributed by atoms with van der Waals surface area (Å²) in [7, 11) is 0. The molecule has 0 saturated carbocycles. The fraction of sp³-hybridized carbons (Fsp3) is 0.538. The first-order valence-corrected chi connectivity index (χ1v) is 5.88. The molecule has 1 aromatic rings. The van der Waals surface area contributed by atoms with Crippen LogP contribution in [0.5, 0.6) is 0 Å². The maximum absolute atomic E-state index is 9.82. The second-order valence-electron chi connectivity index (χ2n) is 4.42. The van der Waals surface area contributed by atoms with E-state index in [1.165, 1.54) is 5.56 Å². The van der Waals surface area contributed by atoms with Gasteiger partial charge in [0.15, 0.2) is 0 Å². The van der Waals surface area contributed by atoms with Crippen molar-refractivity contribution in [2.45, 2.75) is 31.5 Å². The first kappa shape index (κ1) is 11.6. The molecular weight excluding hydrogens is 202 g/mol. The van der Waals surface area contributed by atoms with E-state index in [2.05, 4.69) is 17.0 Å². The second-order valence-corrected chi connectivity index (χ2v) is 4.42. The van der Waals surface area contributed by atoms with Crippen molar-refractivity contribution in [1.29, 1.82) is 0 Å². The van der Waals surface area contributed by atoms with Gasteiger partial charge in [-0.2, -0.15) is 0 Å². The molecule has 0 spiro atoms. The van der Waals surface area contributed by atoms with Crippen molar-refractivity contribution in [2.75, 3.05) is 13.2 Å². The van der Waals surface area contributed by atoms with Crippen LogP contribution in [-0.2, 0) is 6.54 Å². The first-order valence-electron chi connectivity index (χ1n) is 5.88. The molecule has 0 bridgehead atoms. The SMILES string of the molecule is OC[C@@H]1[C@H](O)CCCN1Cc1ccccc1. The van der Waals surface area contributed by atoms with E-state index in [1.54, 1.807) is 0 Å². The molecule has 16 heavy (non-hydrogen) atoms. The maximum Gasteiger partial charge on any atom is 0.0718 e. The normalized spacial score (nSPS) is 26.9. The standard InChI is InChI=1S/C13H19NO2/c15-10-12-13(16)7-4-8-14(12)9-11-5-2-1-3-6-11/h1-3,5-6,12-13,15-16H,4,7-10H2/t12-,13-/m1/s1. The zero-order chi connectivity index (χ0) is 11.4. The lowest BCUT2D eigenvalue weighted by Gasteiger charge is -2.38. The highest BCUT2D eigenvalue weighted by Gasteiger charge is 2.29. The number of hydrogen-bond acceptors (Lipinski definition) is 3. The molecular formula is C13H19NO2. The number of nitrogens with zero attached hydrogens (tertiary/aromatic N) is 1. The van der Waals surface area contributed by atoms with Crippen molar-refractivity contribution in [1.82, 2.24) is 4.90 Å². The number of piperidine rings is 1. The second kappa shape index (κ2) is 5.43. The minimum atomic E-state index is -0.387. The lowest BCUT2D eigenvalue weighted by atomic mass is 9.98. The summed E-state index contributed by atoms with van der Waals surface area (Å²) in [5.41, 5.74) is 1.23. The van der Waals surface area contributed by atoms with E-state index >= 15 is 0 Å². The van der Waals surface area contributed by atoms with Crippen LogP contribution in [0.15, 0.2) is 30.3 Å². The number of aliphatic hydroxyl groups excluding tert-OH is 2. The fourth-order valence-corrected chi connectivity index (χ4v) is 2.36. The molecule has 1 aliphatic heterocycles. The third-order valence-corrected chi connectivity index (χ3v) is 3.27. The van der Waals surface area contributed by atoms with Crippen LogP contribution in [0.25, 0.3) is 0 Å². The van der Waals surface area contributed by atoms with E-state index in [9.17, 15) is 10.2 Å². The largest absolute Gasteiger partial charge is 0.395 e. The van der Waals surface area contributed by atoms with E-state index in [0.717, 1.165) is 25.9 Å². The van der Waals surface area contributed by atoms with Crippen molar-refractivity contribution in [3.63, 3.8) is 0 Å². The molecule has 3 heteroatoms. The maximum atomic E-state index is 9.82. The van der Waals surface area contributed by atoms with Gasteiger partial charge in [-0.3, -0.25) is 4.90 Å². The quantitative estimate of drug-likeness (QED) is 0.800. The summed E-state index contributed by atoms with van der Waals surface area (Å²) in [4.78, 5) is 2.17. The molecule has 2 atom stereocenters. The van der Waals surface area contributed by atoms with Gasteiger partial charge >= 0.3 is 0 Å². The highest BCUT2D eigenvalue weighted by atomic mass is 16.3. The first-order chi connectivity index (χ1) is 7.81. The molecule has 2 N–H and O–H groups in total. The topological polar surface area (TPSA) is 43.7 Å². The highest BCUT2D eigenvalue weighted by molar-refractivity contribution is 5.14. The predicted octanol–water partition coefficient (Wildman–Crippen LogP) is 1.00. The molecule has 2 rings (SSSR count). The van der Waals surface area contributed by atoms with Gasteiger partial charge in [0.25, 0.3) is 0 Å². The van der Waals surface area contributed by atoms with Crippen molar-refractivity contribution < 1.29 is 10.2 Å². The monoisotopic (exact) mass is 221 g/mol. The molecule has 0 aromatic heterocycles. The van der Waals surface area contributed by atoms with Gasteiger partial charge in [-0.1, -0.05) is 30.3 Å². The molecule has 1 aromatic carbocycles. The molecule has 1 aliphatic rings. The predicted molar refractivity (Wildman–Crippen MR) is 63.0 cm³/mol. The lowest BCUT2D eigenvalue weighted by molar-refractivity contribution is -0.0197. The Morgan fingerprint density at radius 3 is 2.69 bits per heavy atom. The smallest absolute Gasteiger partial charge is 0.0718 e. The Morgan fingerprint density at radius 1 is 1.25 bits per heavy atom. The molecule has 88 valence electrons. The van der Waals surface area contributed by atoms with E-state index in [1.807, 2.05) is 18.2 Å². The van der Waals surface area contributed by atoms with Crippen LogP contribution in [-0.4, -0.2) is 40.4 Å². The highest BCUT2D eigenvalue weighted by Crippen LogP contribution is 2.19. The number of aliphatic hydroxyl groups is 2. The van der Waals surface area contributed by atoms with E-state index in [0.29, 0.717) is 0 Å². The van der Waals surface area contributed by atoms with Crippen LogP contribution in [0.3, 0.4) is 0 Å². The Balaban J connectivity index is 2.02. The average molecular weight is 221 g/mol. The van der Waals surface area contributed by atoms with Crippen LogP contribution in [0.1, 0.15) is 18.4 Å². The van der Waals surface area contributed by atoms with Gasteiger partial charge in [-0.15, -0.1) is 0 Å². The molecule has 0 radical (unpaired) electrons. The molecule has 1 saturated heterocycles. The van der Waals surface area contributed by atoms with E-state index < -0.39 is 0 Å². The van der Waals surface area contributed by atoms with Crippen LogP contribution in [0, 0.1) is 0 Å². The van der Waals surface area contributed by atoms with Crippen molar-refractivity contribution in [3.05, 3.63) is 35.9 Å². The molecule has 1 fully saturated rings. The number of hydrogen-bond donors (Lipinski definition) is 2. The average Bonchev–Trinajstić information content (AvgIpc) is 2.31. The Hall–Kier alpha value is -0.900. The Kier molecular flexibility index (Phi) is 3.93. The van der Waals surface area contributed by atoms with Gasteiger partial charge in [0, 0.05) is 6.54 Å². The van der Waals surface area contributed by atoms with Crippen LogP contribution in [0.4, 0.5) is 0 Å². The third-order valence-electron chi connectivity index (χ3n) is 3.27. The Labute approximate surface area is 96.3 Å². The zero-order valence-corrected chi connectivity index (χ0v) is 9.42. The van der Waals surface area contributed by atoms with Crippen LogP contribution < -0.4 is 0 Å².